The van der Waals surface area contributed by atoms with Crippen molar-refractivity contribution in [1.29, 1.82) is 5.26 Å². The molecule has 0 unspecified atom stereocenters. The van der Waals surface area contributed by atoms with Crippen LogP contribution in [0.4, 0.5) is 4.79 Å². The molecule has 1 fully saturated rings. The van der Waals surface area contributed by atoms with E-state index in [-0.39, 0.29) is 12.1 Å². The number of carbonyl (C=O) groups excluding carboxylic acids is 3. The van der Waals surface area contributed by atoms with Gasteiger partial charge in [-0.25, -0.2) is 4.79 Å². The zero-order chi connectivity index (χ0) is 21.6. The van der Waals surface area contributed by atoms with Crippen LogP contribution in [-0.2, 0) is 22.4 Å². The van der Waals surface area contributed by atoms with Gasteiger partial charge >= 0.3 is 6.03 Å². The lowest BCUT2D eigenvalue weighted by Gasteiger charge is -2.24. The van der Waals surface area contributed by atoms with E-state index >= 15 is 0 Å². The molecule has 1 aliphatic heterocycles. The van der Waals surface area contributed by atoms with Crippen LogP contribution in [0.25, 0.3) is 11.1 Å². The highest BCUT2D eigenvalue weighted by molar-refractivity contribution is 7.15. The Bertz CT molecular complexity index is 1160. The molecule has 8 heteroatoms. The van der Waals surface area contributed by atoms with Gasteiger partial charge in [0.1, 0.15) is 16.6 Å². The molecule has 2 aromatic rings. The number of urea groups is 1. The molecule has 0 aromatic carbocycles. The predicted octanol–water partition coefficient (Wildman–Crippen LogP) is 3.39. The largest absolute Gasteiger partial charge is 0.331 e. The molecule has 154 valence electrons. The highest BCUT2D eigenvalue weighted by Crippen LogP contribution is 2.38. The van der Waals surface area contributed by atoms with Crippen LogP contribution in [0.15, 0.2) is 11.6 Å². The van der Waals surface area contributed by atoms with E-state index in [0.717, 1.165) is 58.1 Å². The van der Waals surface area contributed by atoms with E-state index in [4.69, 9.17) is 0 Å². The number of thiophene rings is 1. The number of hydrogen-bond donors (Lipinski definition) is 1. The molecule has 1 N–H and O–H groups in total. The highest BCUT2D eigenvalue weighted by atomic mass is 32.1. The third kappa shape index (κ3) is 3.06. The summed E-state index contributed by atoms with van der Waals surface area (Å²) in [6.45, 7) is 5.71. The van der Waals surface area contributed by atoms with Gasteiger partial charge in [-0.2, -0.15) is 5.26 Å². The zero-order valence-corrected chi connectivity index (χ0v) is 18.0. The molecule has 7 nitrogen and oxygen atoms in total. The number of amides is 4. The second kappa shape index (κ2) is 7.58. The minimum Gasteiger partial charge on any atom is -0.308 e. The number of carbonyl (C=O) groups is 3. The molecule has 30 heavy (non-hydrogen) atoms. The first kappa shape index (κ1) is 20.1. The minimum absolute atomic E-state index is 0.0670. The number of nitrogens with zero attached hydrogens (tertiary/aromatic N) is 3. The van der Waals surface area contributed by atoms with E-state index in [2.05, 4.69) is 11.4 Å². The quantitative estimate of drug-likeness (QED) is 0.606. The van der Waals surface area contributed by atoms with Gasteiger partial charge in [-0.1, -0.05) is 0 Å². The molecule has 4 amide bonds. The molecule has 0 bridgehead atoms. The third-order valence-electron chi connectivity index (χ3n) is 5.74. The van der Waals surface area contributed by atoms with Gasteiger partial charge in [-0.3, -0.25) is 19.8 Å². The van der Waals surface area contributed by atoms with Crippen molar-refractivity contribution in [2.75, 3.05) is 6.54 Å². The van der Waals surface area contributed by atoms with Crippen molar-refractivity contribution < 1.29 is 14.4 Å². The number of rotatable bonds is 3. The Morgan fingerprint density at radius 3 is 2.67 bits per heavy atom. The molecule has 0 spiro atoms. The standard InChI is InChI=1S/C22H22N4O3S/c1-4-25-20(28)16(19(27)24-22(25)29)10-14-9-12(2)26(13(14)3)21-17(11-23)15-7-5-6-8-18(15)30-21/h9-10H,4-8H2,1-3H3,(H,24,27,29). The Labute approximate surface area is 178 Å². The van der Waals surface area contributed by atoms with Crippen LogP contribution >= 0.6 is 11.3 Å². The lowest BCUT2D eigenvalue weighted by atomic mass is 9.96. The van der Waals surface area contributed by atoms with Crippen molar-refractivity contribution in [2.24, 2.45) is 0 Å². The molecular formula is C22H22N4O3S. The predicted molar refractivity (Wildman–Crippen MR) is 113 cm³/mol. The molecular weight excluding hydrogens is 400 g/mol. The Morgan fingerprint density at radius 1 is 1.23 bits per heavy atom. The van der Waals surface area contributed by atoms with E-state index in [1.54, 1.807) is 18.3 Å². The number of nitriles is 1. The molecule has 0 atom stereocenters. The van der Waals surface area contributed by atoms with Crippen molar-refractivity contribution in [3.8, 4) is 11.1 Å². The van der Waals surface area contributed by atoms with Gasteiger partial charge < -0.3 is 4.57 Å². The van der Waals surface area contributed by atoms with Crippen molar-refractivity contribution in [3.05, 3.63) is 44.6 Å². The van der Waals surface area contributed by atoms with Gasteiger partial charge in [0.2, 0.25) is 0 Å². The van der Waals surface area contributed by atoms with Crippen LogP contribution in [0, 0.1) is 25.2 Å². The average Bonchev–Trinajstić information content (AvgIpc) is 3.21. The van der Waals surface area contributed by atoms with E-state index in [1.807, 2.05) is 24.5 Å². The molecule has 1 saturated heterocycles. The van der Waals surface area contributed by atoms with Crippen molar-refractivity contribution in [1.82, 2.24) is 14.8 Å². The summed E-state index contributed by atoms with van der Waals surface area (Å²) in [4.78, 5) is 39.0. The van der Waals surface area contributed by atoms with Gasteiger partial charge in [-0.15, -0.1) is 11.3 Å². The molecule has 4 rings (SSSR count). The summed E-state index contributed by atoms with van der Waals surface area (Å²) in [5.74, 6) is -1.29. The normalized spacial score (nSPS) is 17.9. The summed E-state index contributed by atoms with van der Waals surface area (Å²) in [6.07, 6.45) is 5.71. The Hall–Kier alpha value is -3.18. The van der Waals surface area contributed by atoms with E-state index in [0.29, 0.717) is 5.56 Å². The third-order valence-corrected chi connectivity index (χ3v) is 7.02. The average molecular weight is 423 g/mol. The lowest BCUT2D eigenvalue weighted by Crippen LogP contribution is -2.53. The molecule has 3 heterocycles. The van der Waals surface area contributed by atoms with Crippen LogP contribution in [0.1, 0.15) is 52.7 Å². The number of barbiturate groups is 1. The number of imide groups is 2. The minimum atomic E-state index is -0.696. The van der Waals surface area contributed by atoms with Gasteiger partial charge in [0.25, 0.3) is 11.8 Å². The van der Waals surface area contributed by atoms with E-state index in [1.165, 1.54) is 11.0 Å². The SMILES string of the molecule is CCN1C(=O)NC(=O)C(=Cc2cc(C)n(-c3sc4c(c3C#N)CCCC4)c2C)C1=O. The first-order chi connectivity index (χ1) is 14.4. The first-order valence-electron chi connectivity index (χ1n) is 10.00. The molecule has 0 saturated carbocycles. The summed E-state index contributed by atoms with van der Waals surface area (Å²) in [5.41, 5.74) is 4.30. The van der Waals surface area contributed by atoms with Gasteiger partial charge in [-0.05, 0) is 69.7 Å². The monoisotopic (exact) mass is 422 g/mol. The van der Waals surface area contributed by atoms with Crippen LogP contribution < -0.4 is 5.32 Å². The highest BCUT2D eigenvalue weighted by Gasteiger charge is 2.35. The van der Waals surface area contributed by atoms with E-state index < -0.39 is 17.8 Å². The second-order valence-corrected chi connectivity index (χ2v) is 8.62. The second-order valence-electron chi connectivity index (χ2n) is 7.53. The van der Waals surface area contributed by atoms with Crippen LogP contribution in [0.2, 0.25) is 0 Å². The number of aryl methyl sites for hydroxylation is 2. The van der Waals surface area contributed by atoms with Gasteiger partial charge in [0.15, 0.2) is 0 Å². The Kier molecular flexibility index (Phi) is 5.08. The summed E-state index contributed by atoms with van der Waals surface area (Å²) >= 11 is 1.65. The summed E-state index contributed by atoms with van der Waals surface area (Å²) in [6, 6.07) is 3.59. The van der Waals surface area contributed by atoms with E-state index in [9.17, 15) is 19.6 Å². The number of likely N-dealkylation sites (N-methyl/N-ethyl adjacent to an activating group) is 1. The number of nitrogens with one attached hydrogen (secondary N) is 1. The first-order valence-corrected chi connectivity index (χ1v) is 10.8. The zero-order valence-electron chi connectivity index (χ0n) is 17.2. The summed E-state index contributed by atoms with van der Waals surface area (Å²) in [5, 5.41) is 12.9. The van der Waals surface area contributed by atoms with Crippen molar-refractivity contribution in [2.45, 2.75) is 46.5 Å². The topological polar surface area (TPSA) is 95.2 Å². The van der Waals surface area contributed by atoms with Crippen LogP contribution in [0.5, 0.6) is 0 Å². The van der Waals surface area contributed by atoms with Crippen LogP contribution in [-0.4, -0.2) is 33.9 Å². The Morgan fingerprint density at radius 2 is 1.97 bits per heavy atom. The van der Waals surface area contributed by atoms with Gasteiger partial charge in [0.05, 0.1) is 5.56 Å². The molecule has 2 aliphatic rings. The maximum Gasteiger partial charge on any atom is 0.331 e. The lowest BCUT2D eigenvalue weighted by molar-refractivity contribution is -0.129. The fourth-order valence-corrected chi connectivity index (χ4v) is 5.66. The summed E-state index contributed by atoms with van der Waals surface area (Å²) in [7, 11) is 0. The molecule has 2 aromatic heterocycles. The maximum absolute atomic E-state index is 12.6. The van der Waals surface area contributed by atoms with Gasteiger partial charge in [0, 0.05) is 22.8 Å². The Balaban J connectivity index is 1.81. The molecule has 1 aliphatic carbocycles. The smallest absolute Gasteiger partial charge is 0.308 e. The number of aromatic nitrogens is 1. The fraction of sp³-hybridized carbons (Fsp3) is 0.364. The van der Waals surface area contributed by atoms with Crippen molar-refractivity contribution in [3.63, 3.8) is 0 Å². The maximum atomic E-state index is 12.6. The fourth-order valence-electron chi connectivity index (χ4n) is 4.21. The van der Waals surface area contributed by atoms with Crippen molar-refractivity contribution >= 4 is 35.3 Å². The summed E-state index contributed by atoms with van der Waals surface area (Å²) < 4.78 is 2.03. The molecule has 0 radical (unpaired) electrons. The number of fused-ring (bicyclic) bond motifs is 1. The van der Waals surface area contributed by atoms with Crippen LogP contribution in [0.3, 0.4) is 0 Å². The number of hydrogen-bond acceptors (Lipinski definition) is 5.